The first-order valence-corrected chi connectivity index (χ1v) is 10.9. The number of amides is 1. The van der Waals surface area contributed by atoms with Crippen LogP contribution in [0.4, 0.5) is 0 Å². The number of nitrogens with zero attached hydrogens (tertiary/aromatic N) is 4. The second-order valence-corrected chi connectivity index (χ2v) is 7.82. The van der Waals surface area contributed by atoms with Gasteiger partial charge in [0.05, 0.1) is 30.6 Å². The Balaban J connectivity index is 1.49. The molecule has 0 aliphatic carbocycles. The van der Waals surface area contributed by atoms with E-state index in [9.17, 15) is 4.79 Å². The number of likely N-dealkylation sites (tertiary alicyclic amines) is 1. The summed E-state index contributed by atoms with van der Waals surface area (Å²) >= 11 is 0. The number of ether oxygens (including phenoxy) is 2. The van der Waals surface area contributed by atoms with Crippen molar-refractivity contribution >= 4 is 11.4 Å². The number of fused-ring (bicyclic) bond motifs is 1. The second kappa shape index (κ2) is 8.78. The fourth-order valence-electron chi connectivity index (χ4n) is 4.34. The van der Waals surface area contributed by atoms with Crippen molar-refractivity contribution in [2.24, 2.45) is 0 Å². The molecule has 2 aromatic heterocycles. The van der Waals surface area contributed by atoms with Gasteiger partial charge in [-0.25, -0.2) is 4.98 Å². The summed E-state index contributed by atoms with van der Waals surface area (Å²) in [6.07, 6.45) is 8.62. The Morgan fingerprint density at radius 2 is 1.94 bits per heavy atom. The third-order valence-electron chi connectivity index (χ3n) is 5.91. The second-order valence-electron chi connectivity index (χ2n) is 7.82. The third kappa shape index (κ3) is 3.82. The number of carbonyl (C=O) groups excluding carboxylic acids is 1. The summed E-state index contributed by atoms with van der Waals surface area (Å²) < 4.78 is 13.4. The van der Waals surface area contributed by atoms with Crippen LogP contribution in [0.3, 0.4) is 0 Å². The highest BCUT2D eigenvalue weighted by atomic mass is 16.5. The Hall–Kier alpha value is -4.13. The normalized spacial score (nSPS) is 15.5. The molecule has 1 fully saturated rings. The predicted molar refractivity (Wildman–Crippen MR) is 125 cm³/mol. The molecule has 1 amide bonds. The van der Waals surface area contributed by atoms with E-state index in [4.69, 9.17) is 14.5 Å². The molecule has 1 saturated heterocycles. The molecular weight excluding hydrogens is 416 g/mol. The fourth-order valence-corrected chi connectivity index (χ4v) is 4.34. The summed E-state index contributed by atoms with van der Waals surface area (Å²) in [4.78, 5) is 23.5. The first-order valence-electron chi connectivity index (χ1n) is 10.9. The predicted octanol–water partition coefficient (Wildman–Crippen LogP) is 5.05. The molecule has 7 nitrogen and oxygen atoms in total. The molecule has 1 aliphatic rings. The zero-order valence-electron chi connectivity index (χ0n) is 18.3. The minimum Gasteiger partial charge on any atom is -0.493 e. The SMILES string of the molecule is C=CC(=O)N1CCC[C@H]1c1nc(-c2ccc(Oc3ccccc3OC)cc2)c2cnccn12. The molecule has 0 bridgehead atoms. The molecule has 2 aromatic carbocycles. The van der Waals surface area contributed by atoms with Gasteiger partial charge in [-0.3, -0.25) is 14.2 Å². The molecule has 3 heterocycles. The highest BCUT2D eigenvalue weighted by Crippen LogP contribution is 2.36. The minimum absolute atomic E-state index is 0.0669. The Kier molecular flexibility index (Phi) is 5.52. The number of rotatable bonds is 6. The molecule has 0 N–H and O–H groups in total. The van der Waals surface area contributed by atoms with Crippen LogP contribution in [-0.4, -0.2) is 38.8 Å². The summed E-state index contributed by atoms with van der Waals surface area (Å²) in [7, 11) is 1.62. The van der Waals surface area contributed by atoms with Gasteiger partial charge in [-0.1, -0.05) is 18.7 Å². The van der Waals surface area contributed by atoms with E-state index in [0.29, 0.717) is 23.8 Å². The van der Waals surface area contributed by atoms with Crippen molar-refractivity contribution in [2.75, 3.05) is 13.7 Å². The van der Waals surface area contributed by atoms with Crippen LogP contribution in [0.2, 0.25) is 0 Å². The lowest BCUT2D eigenvalue weighted by Crippen LogP contribution is -2.29. The van der Waals surface area contributed by atoms with Gasteiger partial charge in [-0.2, -0.15) is 0 Å². The topological polar surface area (TPSA) is 69.0 Å². The molecule has 0 spiro atoms. The van der Waals surface area contributed by atoms with Gasteiger partial charge in [0.25, 0.3) is 0 Å². The monoisotopic (exact) mass is 440 g/mol. The van der Waals surface area contributed by atoms with Crippen LogP contribution in [0.1, 0.15) is 24.7 Å². The first-order chi connectivity index (χ1) is 16.2. The average Bonchev–Trinajstić information content (AvgIpc) is 3.49. The number of imidazole rings is 1. The lowest BCUT2D eigenvalue weighted by atomic mass is 10.1. The lowest BCUT2D eigenvalue weighted by Gasteiger charge is -2.22. The van der Waals surface area contributed by atoms with Crippen LogP contribution in [0.5, 0.6) is 17.2 Å². The van der Waals surface area contributed by atoms with Crippen LogP contribution < -0.4 is 9.47 Å². The summed E-state index contributed by atoms with van der Waals surface area (Å²) in [6.45, 7) is 4.36. The van der Waals surface area contributed by atoms with Crippen LogP contribution in [0.25, 0.3) is 16.8 Å². The Bertz CT molecular complexity index is 1310. The maximum atomic E-state index is 12.4. The molecule has 0 saturated carbocycles. The van der Waals surface area contributed by atoms with Gasteiger partial charge in [-0.05, 0) is 55.3 Å². The van der Waals surface area contributed by atoms with Crippen molar-refractivity contribution in [3.63, 3.8) is 0 Å². The molecule has 166 valence electrons. The van der Waals surface area contributed by atoms with E-state index in [1.165, 1.54) is 6.08 Å². The molecule has 0 radical (unpaired) electrons. The van der Waals surface area contributed by atoms with Crippen LogP contribution in [0, 0.1) is 0 Å². The van der Waals surface area contributed by atoms with Gasteiger partial charge in [0.1, 0.15) is 11.6 Å². The molecule has 33 heavy (non-hydrogen) atoms. The number of hydrogen-bond donors (Lipinski definition) is 0. The van der Waals surface area contributed by atoms with Crippen molar-refractivity contribution in [1.29, 1.82) is 0 Å². The van der Waals surface area contributed by atoms with E-state index in [1.807, 2.05) is 64.0 Å². The van der Waals surface area contributed by atoms with Crippen molar-refractivity contribution in [3.05, 3.63) is 85.6 Å². The molecule has 4 aromatic rings. The van der Waals surface area contributed by atoms with Gasteiger partial charge in [-0.15, -0.1) is 0 Å². The Labute approximate surface area is 191 Å². The maximum Gasteiger partial charge on any atom is 0.246 e. The zero-order valence-corrected chi connectivity index (χ0v) is 18.3. The largest absolute Gasteiger partial charge is 0.493 e. The third-order valence-corrected chi connectivity index (χ3v) is 5.91. The number of carbonyl (C=O) groups is 1. The smallest absolute Gasteiger partial charge is 0.246 e. The highest BCUT2D eigenvalue weighted by Gasteiger charge is 2.32. The molecular formula is C26H24N4O3. The summed E-state index contributed by atoms with van der Waals surface area (Å²) in [5.41, 5.74) is 2.65. The zero-order chi connectivity index (χ0) is 22.8. The van der Waals surface area contributed by atoms with E-state index in [1.54, 1.807) is 19.5 Å². The Morgan fingerprint density at radius 1 is 1.15 bits per heavy atom. The van der Waals surface area contributed by atoms with Crippen LogP contribution in [-0.2, 0) is 4.79 Å². The first kappa shape index (κ1) is 20.8. The quantitative estimate of drug-likeness (QED) is 0.393. The van der Waals surface area contributed by atoms with Crippen molar-refractivity contribution in [2.45, 2.75) is 18.9 Å². The Morgan fingerprint density at radius 3 is 2.70 bits per heavy atom. The minimum atomic E-state index is -0.0905. The van der Waals surface area contributed by atoms with Gasteiger partial charge in [0, 0.05) is 24.5 Å². The van der Waals surface area contributed by atoms with E-state index in [-0.39, 0.29) is 11.9 Å². The molecule has 5 rings (SSSR count). The van der Waals surface area contributed by atoms with Gasteiger partial charge >= 0.3 is 0 Å². The lowest BCUT2D eigenvalue weighted by molar-refractivity contribution is -0.127. The molecule has 7 heteroatoms. The molecule has 1 aliphatic heterocycles. The highest BCUT2D eigenvalue weighted by molar-refractivity contribution is 5.87. The summed E-state index contributed by atoms with van der Waals surface area (Å²) in [5.74, 6) is 2.79. The fraction of sp³-hybridized carbons (Fsp3) is 0.192. The van der Waals surface area contributed by atoms with Gasteiger partial charge in [0.2, 0.25) is 5.91 Å². The van der Waals surface area contributed by atoms with Gasteiger partial charge < -0.3 is 14.4 Å². The number of para-hydroxylation sites is 2. The van der Waals surface area contributed by atoms with E-state index >= 15 is 0 Å². The average molecular weight is 441 g/mol. The van der Waals surface area contributed by atoms with E-state index in [0.717, 1.165) is 35.4 Å². The molecule has 1 atom stereocenters. The summed E-state index contributed by atoms with van der Waals surface area (Å²) in [5, 5.41) is 0. The van der Waals surface area contributed by atoms with Crippen molar-refractivity contribution in [1.82, 2.24) is 19.3 Å². The number of hydrogen-bond acceptors (Lipinski definition) is 5. The number of benzene rings is 2. The summed E-state index contributed by atoms with van der Waals surface area (Å²) in [6, 6.07) is 15.2. The van der Waals surface area contributed by atoms with Crippen LogP contribution in [0.15, 0.2) is 79.8 Å². The van der Waals surface area contributed by atoms with Crippen molar-refractivity contribution in [3.8, 4) is 28.5 Å². The van der Waals surface area contributed by atoms with Crippen LogP contribution >= 0.6 is 0 Å². The van der Waals surface area contributed by atoms with E-state index in [2.05, 4.69) is 11.6 Å². The molecule has 0 unspecified atom stereocenters. The number of aromatic nitrogens is 3. The van der Waals surface area contributed by atoms with E-state index < -0.39 is 0 Å². The van der Waals surface area contributed by atoms with Gasteiger partial charge in [0.15, 0.2) is 11.5 Å². The standard InChI is InChI=1S/C26H24N4O3/c1-3-24(31)29-15-6-7-20(29)26-28-25(21-17-27-14-16-30(21)26)18-10-12-19(13-11-18)33-23-9-5-4-8-22(23)32-2/h3-5,8-14,16-17,20H,1,6-7,15H2,2H3/t20-/m0/s1. The number of methoxy groups -OCH3 is 1. The van der Waals surface area contributed by atoms with Crippen molar-refractivity contribution < 1.29 is 14.3 Å². The maximum absolute atomic E-state index is 12.4.